The molecule has 0 aliphatic rings. The highest BCUT2D eigenvalue weighted by Gasteiger charge is 2.34. The molecule has 0 saturated heterocycles. The number of benzene rings is 1. The van der Waals surface area contributed by atoms with Crippen LogP contribution in [0.5, 0.6) is 11.6 Å². The van der Waals surface area contributed by atoms with Gasteiger partial charge in [-0.05, 0) is 42.3 Å². The maximum atomic E-state index is 12.8. The maximum Gasteiger partial charge on any atom is 0.435 e. The quantitative estimate of drug-likeness (QED) is 0.411. The largest absolute Gasteiger partial charge is 0.470 e. The summed E-state index contributed by atoms with van der Waals surface area (Å²) in [6.45, 7) is -1.68. The highest BCUT2D eigenvalue weighted by Crippen LogP contribution is 2.30. The van der Waals surface area contributed by atoms with E-state index in [-0.39, 0.29) is 23.5 Å². The Morgan fingerprint density at radius 1 is 1.17 bits per heavy atom. The van der Waals surface area contributed by atoms with Crippen molar-refractivity contribution in [3.63, 3.8) is 0 Å². The molecule has 2 aromatic heterocycles. The lowest BCUT2D eigenvalue weighted by atomic mass is 10.2. The normalized spacial score (nSPS) is 11.7. The number of aryl methyl sites for hydroxylation is 1. The van der Waals surface area contributed by atoms with Crippen molar-refractivity contribution < 1.29 is 31.4 Å². The van der Waals surface area contributed by atoms with Crippen molar-refractivity contribution in [2.45, 2.75) is 26.3 Å². The van der Waals surface area contributed by atoms with Crippen LogP contribution in [0.4, 0.5) is 22.0 Å². The predicted octanol–water partition coefficient (Wildman–Crippen LogP) is 4.82. The van der Waals surface area contributed by atoms with Crippen molar-refractivity contribution in [1.29, 1.82) is 0 Å². The van der Waals surface area contributed by atoms with Gasteiger partial charge in [0.25, 0.3) is 5.88 Å². The Balaban J connectivity index is 1.74. The van der Waals surface area contributed by atoms with Gasteiger partial charge < -0.3 is 9.47 Å². The van der Waals surface area contributed by atoms with E-state index in [9.17, 15) is 22.0 Å². The molecule has 0 spiro atoms. The van der Waals surface area contributed by atoms with Crippen molar-refractivity contribution in [1.82, 2.24) is 19.7 Å². The fourth-order valence-electron chi connectivity index (χ4n) is 2.37. The number of ether oxygens (including phenoxy) is 2. The van der Waals surface area contributed by atoms with Crippen LogP contribution in [-0.4, -0.2) is 26.4 Å². The minimum absolute atomic E-state index is 0.0842. The molecule has 0 saturated carbocycles. The molecule has 0 bridgehead atoms. The number of halogens is 6. The fourth-order valence-corrected chi connectivity index (χ4v) is 2.50. The van der Waals surface area contributed by atoms with Gasteiger partial charge in [0.1, 0.15) is 6.61 Å². The number of hydrogen-bond donors (Lipinski definition) is 0. The van der Waals surface area contributed by atoms with E-state index in [0.717, 1.165) is 16.9 Å². The highest BCUT2D eigenvalue weighted by atomic mass is 35.5. The van der Waals surface area contributed by atoms with E-state index >= 15 is 0 Å². The Morgan fingerprint density at radius 2 is 1.86 bits per heavy atom. The van der Waals surface area contributed by atoms with Gasteiger partial charge in [0, 0.05) is 5.69 Å². The summed E-state index contributed by atoms with van der Waals surface area (Å²) in [4.78, 5) is 7.24. The summed E-state index contributed by atoms with van der Waals surface area (Å²) >= 11 is 5.64. The first-order valence-electron chi connectivity index (χ1n) is 7.97. The molecule has 29 heavy (non-hydrogen) atoms. The molecule has 1 aromatic carbocycles. The second kappa shape index (κ2) is 8.19. The van der Waals surface area contributed by atoms with Gasteiger partial charge in [-0.1, -0.05) is 12.1 Å². The van der Waals surface area contributed by atoms with E-state index in [1.54, 1.807) is 24.3 Å². The Hall–Kier alpha value is -2.95. The van der Waals surface area contributed by atoms with Crippen LogP contribution in [-0.2, 0) is 12.8 Å². The third kappa shape index (κ3) is 5.11. The third-order valence-corrected chi connectivity index (χ3v) is 3.83. The first-order chi connectivity index (χ1) is 13.6. The molecule has 2 heterocycles. The predicted molar refractivity (Wildman–Crippen MR) is 91.3 cm³/mol. The number of nitrogens with zero attached hydrogens (tertiary/aromatic N) is 4. The van der Waals surface area contributed by atoms with E-state index in [4.69, 9.17) is 16.3 Å². The van der Waals surface area contributed by atoms with E-state index in [1.165, 1.54) is 6.92 Å². The second-order valence-electron chi connectivity index (χ2n) is 5.72. The molecule has 0 unspecified atom stereocenters. The standard InChI is InChI=1S/C17H12ClF5N4O2/c1-9-6-13(17(21,22)23)26-27(9)11-4-2-10(3-5-11)8-28-14-12(29-16(19)20)7-24-15(18)25-14/h2-7,16H,8H2,1H3. The lowest BCUT2D eigenvalue weighted by Crippen LogP contribution is -2.08. The molecule has 3 rings (SSSR count). The van der Waals surface area contributed by atoms with E-state index in [1.807, 2.05) is 0 Å². The summed E-state index contributed by atoms with van der Waals surface area (Å²) in [7, 11) is 0. The molecule has 154 valence electrons. The summed E-state index contributed by atoms with van der Waals surface area (Å²) < 4.78 is 74.0. The molecule has 0 radical (unpaired) electrons. The molecule has 3 aromatic rings. The summed E-state index contributed by atoms with van der Waals surface area (Å²) in [6.07, 6.45) is -3.58. The average molecular weight is 435 g/mol. The average Bonchev–Trinajstić information content (AvgIpc) is 3.04. The van der Waals surface area contributed by atoms with E-state index in [0.29, 0.717) is 16.9 Å². The van der Waals surface area contributed by atoms with Gasteiger partial charge >= 0.3 is 12.8 Å². The number of aromatic nitrogens is 4. The summed E-state index contributed by atoms with van der Waals surface area (Å²) in [6, 6.07) is 7.20. The fraction of sp³-hybridized carbons (Fsp3) is 0.235. The molecular weight excluding hydrogens is 423 g/mol. The van der Waals surface area contributed by atoms with Crippen LogP contribution in [0.3, 0.4) is 0 Å². The monoisotopic (exact) mass is 434 g/mol. The van der Waals surface area contributed by atoms with Gasteiger partial charge in [-0.3, -0.25) is 0 Å². The topological polar surface area (TPSA) is 62.1 Å². The third-order valence-electron chi connectivity index (χ3n) is 3.64. The summed E-state index contributed by atoms with van der Waals surface area (Å²) in [5.41, 5.74) is 0.321. The molecule has 6 nitrogen and oxygen atoms in total. The number of alkyl halides is 5. The van der Waals surface area contributed by atoms with Gasteiger partial charge in [0.05, 0.1) is 11.9 Å². The molecule has 0 atom stereocenters. The van der Waals surface area contributed by atoms with Crippen LogP contribution in [0.15, 0.2) is 36.5 Å². The van der Waals surface area contributed by atoms with Crippen LogP contribution in [0, 0.1) is 6.92 Å². The molecule has 0 aliphatic carbocycles. The van der Waals surface area contributed by atoms with Crippen molar-refractivity contribution in [2.24, 2.45) is 0 Å². The summed E-state index contributed by atoms with van der Waals surface area (Å²) in [5, 5.41) is 3.35. The van der Waals surface area contributed by atoms with Gasteiger partial charge in [-0.15, -0.1) is 0 Å². The Morgan fingerprint density at radius 3 is 2.45 bits per heavy atom. The smallest absolute Gasteiger partial charge is 0.435 e. The van der Waals surface area contributed by atoms with Gasteiger partial charge in [0.15, 0.2) is 5.69 Å². The first-order valence-corrected chi connectivity index (χ1v) is 8.34. The van der Waals surface area contributed by atoms with Gasteiger partial charge in [-0.25, -0.2) is 9.67 Å². The zero-order valence-corrected chi connectivity index (χ0v) is 15.4. The molecule has 12 heteroatoms. The van der Waals surface area contributed by atoms with Gasteiger partial charge in [0.2, 0.25) is 11.0 Å². The van der Waals surface area contributed by atoms with Gasteiger partial charge in [-0.2, -0.15) is 32.0 Å². The number of rotatable bonds is 6. The van der Waals surface area contributed by atoms with E-state index in [2.05, 4.69) is 19.8 Å². The lowest BCUT2D eigenvalue weighted by molar-refractivity contribution is -0.141. The van der Waals surface area contributed by atoms with Crippen LogP contribution in [0.25, 0.3) is 5.69 Å². The summed E-state index contributed by atoms with van der Waals surface area (Å²) in [5.74, 6) is -0.653. The zero-order chi connectivity index (χ0) is 21.2. The molecule has 0 amide bonds. The molecule has 0 N–H and O–H groups in total. The van der Waals surface area contributed by atoms with Crippen LogP contribution >= 0.6 is 11.6 Å². The Bertz CT molecular complexity index is 992. The highest BCUT2D eigenvalue weighted by molar-refractivity contribution is 6.28. The van der Waals surface area contributed by atoms with E-state index < -0.39 is 18.5 Å². The van der Waals surface area contributed by atoms with Crippen molar-refractivity contribution >= 4 is 11.6 Å². The second-order valence-corrected chi connectivity index (χ2v) is 6.06. The SMILES string of the molecule is Cc1cc(C(F)(F)F)nn1-c1ccc(COc2nc(Cl)ncc2OC(F)F)cc1. The van der Waals surface area contributed by atoms with Crippen LogP contribution in [0.2, 0.25) is 5.28 Å². The molecule has 0 aliphatic heterocycles. The minimum Gasteiger partial charge on any atom is -0.470 e. The Kier molecular flexibility index (Phi) is 5.87. The Labute approximate surface area is 165 Å². The first kappa shape index (κ1) is 20.8. The lowest BCUT2D eigenvalue weighted by Gasteiger charge is -2.11. The zero-order valence-electron chi connectivity index (χ0n) is 14.6. The number of hydrogen-bond acceptors (Lipinski definition) is 5. The van der Waals surface area contributed by atoms with Crippen LogP contribution in [0.1, 0.15) is 17.0 Å². The maximum absolute atomic E-state index is 12.8. The van der Waals surface area contributed by atoms with Crippen LogP contribution < -0.4 is 9.47 Å². The van der Waals surface area contributed by atoms with Crippen molar-refractivity contribution in [3.8, 4) is 17.3 Å². The molecular formula is C17H12ClF5N4O2. The van der Waals surface area contributed by atoms with Crippen molar-refractivity contribution in [3.05, 3.63) is 58.8 Å². The minimum atomic E-state index is -4.54. The molecule has 0 fully saturated rings. The van der Waals surface area contributed by atoms with Crippen molar-refractivity contribution in [2.75, 3.05) is 0 Å².